The molecule has 1 aliphatic carbocycles. The van der Waals surface area contributed by atoms with Gasteiger partial charge < -0.3 is 16.1 Å². The van der Waals surface area contributed by atoms with Crippen molar-refractivity contribution in [2.75, 3.05) is 0 Å². The molecule has 0 amide bonds. The molecule has 5 N–H and O–H groups in total. The second kappa shape index (κ2) is 5.09. The van der Waals surface area contributed by atoms with Crippen LogP contribution in [0.25, 0.3) is 0 Å². The predicted octanol–water partition coefficient (Wildman–Crippen LogP) is 0.656. The molecule has 0 atom stereocenters. The molecule has 0 radical (unpaired) electrons. The first-order chi connectivity index (χ1) is 7.89. The average Bonchev–Trinajstić information content (AvgIpc) is 2.24. The number of nitrogens with zero attached hydrogens (tertiary/aromatic N) is 3. The van der Waals surface area contributed by atoms with Gasteiger partial charge in [0.2, 0.25) is 0 Å². The van der Waals surface area contributed by atoms with E-state index in [1.54, 1.807) is 0 Å². The molecule has 0 aromatic rings. The molecule has 0 unspecified atom stereocenters. The SMILES string of the molecule is CC1(C)CC(=N\O)/C(=N/O)C(=N/NC(N)=S)/C1. The number of hydrogen-bond acceptors (Lipinski definition) is 6. The van der Waals surface area contributed by atoms with Gasteiger partial charge in [0, 0.05) is 6.42 Å². The number of hydrazone groups is 1. The molecule has 94 valence electrons. The number of nitrogens with one attached hydrogen (secondary N) is 1. The number of thiocarbonyl (C=S) groups is 1. The molecule has 0 bridgehead atoms. The van der Waals surface area contributed by atoms with Crippen molar-refractivity contribution in [3.63, 3.8) is 0 Å². The Bertz CT molecular complexity index is 414. The molecule has 1 rings (SSSR count). The normalized spacial score (nSPS) is 26.4. The molecule has 0 saturated heterocycles. The van der Waals surface area contributed by atoms with Gasteiger partial charge in [0.25, 0.3) is 0 Å². The average molecular weight is 257 g/mol. The van der Waals surface area contributed by atoms with Crippen LogP contribution in [0.15, 0.2) is 15.4 Å². The summed E-state index contributed by atoms with van der Waals surface area (Å²) in [7, 11) is 0. The van der Waals surface area contributed by atoms with Crippen molar-refractivity contribution in [2.24, 2.45) is 26.6 Å². The molecule has 17 heavy (non-hydrogen) atoms. The lowest BCUT2D eigenvalue weighted by Crippen LogP contribution is -2.40. The van der Waals surface area contributed by atoms with Crippen LogP contribution in [0.3, 0.4) is 0 Å². The lowest BCUT2D eigenvalue weighted by atomic mass is 9.74. The second-order valence-electron chi connectivity index (χ2n) is 4.55. The summed E-state index contributed by atoms with van der Waals surface area (Å²) in [6, 6.07) is 0. The molecule has 0 heterocycles. The van der Waals surface area contributed by atoms with Crippen molar-refractivity contribution in [1.29, 1.82) is 0 Å². The van der Waals surface area contributed by atoms with Gasteiger partial charge in [0.1, 0.15) is 5.71 Å². The molecule has 0 spiro atoms. The van der Waals surface area contributed by atoms with Gasteiger partial charge in [0.05, 0.1) is 5.71 Å². The minimum Gasteiger partial charge on any atom is -0.411 e. The van der Waals surface area contributed by atoms with E-state index in [0.717, 1.165) is 0 Å². The van der Waals surface area contributed by atoms with Crippen LogP contribution >= 0.6 is 12.2 Å². The Morgan fingerprint density at radius 1 is 1.29 bits per heavy atom. The Morgan fingerprint density at radius 2 is 1.88 bits per heavy atom. The van der Waals surface area contributed by atoms with Crippen molar-refractivity contribution in [2.45, 2.75) is 26.7 Å². The Labute approximate surface area is 104 Å². The van der Waals surface area contributed by atoms with E-state index < -0.39 is 0 Å². The van der Waals surface area contributed by atoms with Crippen molar-refractivity contribution in [1.82, 2.24) is 5.43 Å². The Morgan fingerprint density at radius 3 is 2.35 bits per heavy atom. The Balaban J connectivity index is 3.08. The van der Waals surface area contributed by atoms with E-state index in [-0.39, 0.29) is 22.0 Å². The van der Waals surface area contributed by atoms with Crippen molar-refractivity contribution in [3.8, 4) is 0 Å². The number of hydrogen-bond donors (Lipinski definition) is 4. The minimum atomic E-state index is -0.146. The molecule has 0 aromatic heterocycles. The standard InChI is InChI=1S/C9H15N5O2S/c1-9(2)3-5(11-12-8(10)17)7(14-16)6(4-9)13-15/h15-16H,3-4H2,1-2H3,(H3,10,12,17)/b11-5+,13-6+,14-7+. The highest BCUT2D eigenvalue weighted by molar-refractivity contribution is 7.80. The molecule has 0 aromatic carbocycles. The van der Waals surface area contributed by atoms with E-state index in [9.17, 15) is 0 Å². The van der Waals surface area contributed by atoms with Gasteiger partial charge in [-0.2, -0.15) is 5.10 Å². The summed E-state index contributed by atoms with van der Waals surface area (Å²) in [6.45, 7) is 3.98. The maximum absolute atomic E-state index is 8.92. The van der Waals surface area contributed by atoms with Crippen LogP contribution < -0.4 is 11.2 Å². The number of rotatable bonds is 1. The molecule has 8 heteroatoms. The fourth-order valence-electron chi connectivity index (χ4n) is 1.72. The molecule has 1 saturated carbocycles. The van der Waals surface area contributed by atoms with E-state index in [0.29, 0.717) is 18.6 Å². The van der Waals surface area contributed by atoms with Crippen molar-refractivity contribution >= 4 is 34.5 Å². The van der Waals surface area contributed by atoms with Gasteiger partial charge in [-0.1, -0.05) is 24.2 Å². The Kier molecular flexibility index (Phi) is 4.00. The topological polar surface area (TPSA) is 116 Å². The Hall–Kier alpha value is -1.70. The quantitative estimate of drug-likeness (QED) is 0.313. The predicted molar refractivity (Wildman–Crippen MR) is 68.8 cm³/mol. The van der Waals surface area contributed by atoms with Crippen LogP contribution in [0.1, 0.15) is 26.7 Å². The largest absolute Gasteiger partial charge is 0.411 e. The van der Waals surface area contributed by atoms with E-state index in [2.05, 4.69) is 33.1 Å². The van der Waals surface area contributed by atoms with Gasteiger partial charge in [-0.25, -0.2) is 0 Å². The number of oxime groups is 2. The second-order valence-corrected chi connectivity index (χ2v) is 4.99. The van der Waals surface area contributed by atoms with Gasteiger partial charge in [-0.05, 0) is 24.1 Å². The first-order valence-corrected chi connectivity index (χ1v) is 5.36. The summed E-state index contributed by atoms with van der Waals surface area (Å²) in [4.78, 5) is 0. The summed E-state index contributed by atoms with van der Waals surface area (Å²) in [5.41, 5.74) is 8.43. The zero-order valence-electron chi connectivity index (χ0n) is 9.64. The van der Waals surface area contributed by atoms with Crippen molar-refractivity contribution in [3.05, 3.63) is 0 Å². The van der Waals surface area contributed by atoms with E-state index in [4.69, 9.17) is 16.1 Å². The van der Waals surface area contributed by atoms with Crippen LogP contribution in [0.5, 0.6) is 0 Å². The highest BCUT2D eigenvalue weighted by Gasteiger charge is 2.35. The zero-order valence-corrected chi connectivity index (χ0v) is 10.5. The molecule has 1 aliphatic rings. The fourth-order valence-corrected chi connectivity index (χ4v) is 1.76. The lowest BCUT2D eigenvalue weighted by molar-refractivity contribution is 0.306. The lowest BCUT2D eigenvalue weighted by Gasteiger charge is -2.30. The first kappa shape index (κ1) is 13.4. The van der Waals surface area contributed by atoms with Crippen LogP contribution in [0.4, 0.5) is 0 Å². The van der Waals surface area contributed by atoms with Gasteiger partial charge >= 0.3 is 0 Å². The van der Waals surface area contributed by atoms with Gasteiger partial charge in [-0.15, -0.1) is 0 Å². The highest BCUT2D eigenvalue weighted by atomic mass is 32.1. The monoisotopic (exact) mass is 257 g/mol. The third-order valence-electron chi connectivity index (χ3n) is 2.36. The molecular weight excluding hydrogens is 242 g/mol. The summed E-state index contributed by atoms with van der Waals surface area (Å²) < 4.78 is 0. The molecule has 7 nitrogen and oxygen atoms in total. The first-order valence-electron chi connectivity index (χ1n) is 4.95. The zero-order chi connectivity index (χ0) is 13.1. The van der Waals surface area contributed by atoms with Gasteiger partial charge in [-0.3, -0.25) is 5.43 Å². The maximum atomic E-state index is 8.92. The van der Waals surface area contributed by atoms with Crippen LogP contribution in [0, 0.1) is 5.41 Å². The van der Waals surface area contributed by atoms with Crippen LogP contribution in [-0.2, 0) is 0 Å². The van der Waals surface area contributed by atoms with Crippen LogP contribution in [0.2, 0.25) is 0 Å². The summed E-state index contributed by atoms with van der Waals surface area (Å²) in [6.07, 6.45) is 1.05. The smallest absolute Gasteiger partial charge is 0.184 e. The third kappa shape index (κ3) is 3.38. The van der Waals surface area contributed by atoms with E-state index in [1.165, 1.54) is 0 Å². The summed E-state index contributed by atoms with van der Waals surface area (Å²) in [5.74, 6) is 0. The highest BCUT2D eigenvalue weighted by Crippen LogP contribution is 2.31. The molecular formula is C9H15N5O2S. The number of nitrogens with two attached hydrogens (primary N) is 1. The fraction of sp³-hybridized carbons (Fsp3) is 0.556. The molecule has 1 fully saturated rings. The summed E-state index contributed by atoms with van der Waals surface area (Å²) in [5, 5.41) is 28.0. The van der Waals surface area contributed by atoms with E-state index >= 15 is 0 Å². The van der Waals surface area contributed by atoms with Crippen LogP contribution in [-0.4, -0.2) is 32.7 Å². The molecule has 0 aliphatic heterocycles. The van der Waals surface area contributed by atoms with E-state index in [1.807, 2.05) is 13.8 Å². The summed E-state index contributed by atoms with van der Waals surface area (Å²) >= 11 is 4.63. The minimum absolute atomic E-state index is 0.0145. The van der Waals surface area contributed by atoms with Gasteiger partial charge in [0.15, 0.2) is 10.8 Å². The third-order valence-corrected chi connectivity index (χ3v) is 2.45. The van der Waals surface area contributed by atoms with Crippen molar-refractivity contribution < 1.29 is 10.4 Å². The maximum Gasteiger partial charge on any atom is 0.184 e.